The lowest BCUT2D eigenvalue weighted by Gasteiger charge is -2.08. The summed E-state index contributed by atoms with van der Waals surface area (Å²) in [6, 6.07) is 1.37. The number of nitrogens with zero attached hydrogens (tertiary/aromatic N) is 1. The van der Waals surface area contributed by atoms with Gasteiger partial charge in [0, 0.05) is 0 Å². The molecule has 2 N–H and O–H groups in total. The summed E-state index contributed by atoms with van der Waals surface area (Å²) in [5.74, 6) is 0.117. The summed E-state index contributed by atoms with van der Waals surface area (Å²) in [5.41, 5.74) is 5.80. The van der Waals surface area contributed by atoms with Gasteiger partial charge in [0.2, 0.25) is 5.88 Å². The van der Waals surface area contributed by atoms with Crippen molar-refractivity contribution in [1.29, 1.82) is 0 Å². The summed E-state index contributed by atoms with van der Waals surface area (Å²) in [5, 5.41) is 0. The minimum Gasteiger partial charge on any atom is -0.477 e. The average Bonchev–Trinajstić information content (AvgIpc) is 2.21. The first-order chi connectivity index (χ1) is 7.01. The van der Waals surface area contributed by atoms with Crippen LogP contribution in [-0.4, -0.2) is 25.8 Å². The maximum atomic E-state index is 11.7. The van der Waals surface area contributed by atoms with Crippen LogP contribution < -0.4 is 10.5 Å². The van der Waals surface area contributed by atoms with Gasteiger partial charge >= 0.3 is 0 Å². The van der Waals surface area contributed by atoms with Crippen molar-refractivity contribution in [2.24, 2.45) is 0 Å². The summed E-state index contributed by atoms with van der Waals surface area (Å²) in [6.45, 7) is 3.69. The Hall–Kier alpha value is -1.30. The highest BCUT2D eigenvalue weighted by atomic mass is 32.2. The molecule has 1 aromatic rings. The molecule has 0 unspecified atom stereocenters. The normalized spacial score (nSPS) is 11.3. The van der Waals surface area contributed by atoms with Crippen molar-refractivity contribution >= 4 is 15.5 Å². The fourth-order valence-electron chi connectivity index (χ4n) is 1.07. The molecular formula is C9H14N2O3S. The smallest absolute Gasteiger partial charge is 0.232 e. The molecule has 84 valence electrons. The molecule has 0 saturated heterocycles. The zero-order chi connectivity index (χ0) is 11.5. The monoisotopic (exact) mass is 230 g/mol. The molecule has 0 atom stereocenters. The van der Waals surface area contributed by atoms with Gasteiger partial charge in [-0.05, 0) is 13.0 Å². The predicted octanol–water partition coefficient (Wildman–Crippen LogP) is 0.856. The summed E-state index contributed by atoms with van der Waals surface area (Å²) in [6.07, 6.45) is 1.37. The minimum atomic E-state index is -3.34. The van der Waals surface area contributed by atoms with Crippen LogP contribution in [0.2, 0.25) is 0 Å². The van der Waals surface area contributed by atoms with Crippen molar-refractivity contribution in [1.82, 2.24) is 4.98 Å². The van der Waals surface area contributed by atoms with Gasteiger partial charge in [-0.2, -0.15) is 0 Å². The third kappa shape index (κ3) is 2.59. The Kier molecular flexibility index (Phi) is 3.52. The first-order valence-corrected chi connectivity index (χ1v) is 6.27. The van der Waals surface area contributed by atoms with Gasteiger partial charge < -0.3 is 10.5 Å². The number of anilines is 1. The van der Waals surface area contributed by atoms with Crippen molar-refractivity contribution in [2.75, 3.05) is 18.1 Å². The Morgan fingerprint density at radius 1 is 1.47 bits per heavy atom. The molecule has 5 nitrogen and oxygen atoms in total. The van der Waals surface area contributed by atoms with Crippen LogP contribution in [0.4, 0.5) is 5.69 Å². The van der Waals surface area contributed by atoms with E-state index in [4.69, 9.17) is 10.5 Å². The first-order valence-electron chi connectivity index (χ1n) is 4.62. The van der Waals surface area contributed by atoms with Gasteiger partial charge in [-0.25, -0.2) is 13.4 Å². The molecule has 0 aliphatic heterocycles. The average molecular weight is 230 g/mol. The van der Waals surface area contributed by atoms with Gasteiger partial charge in [0.1, 0.15) is 4.90 Å². The molecule has 15 heavy (non-hydrogen) atoms. The van der Waals surface area contributed by atoms with Gasteiger partial charge in [-0.3, -0.25) is 0 Å². The van der Waals surface area contributed by atoms with E-state index in [0.717, 1.165) is 0 Å². The number of hydrogen-bond donors (Lipinski definition) is 1. The fraction of sp³-hybridized carbons (Fsp3) is 0.444. The standard InChI is InChI=1S/C9H14N2O3S/c1-3-14-9-8(15(12,13)4-2)5-7(10)6-11-9/h5-6H,3-4,10H2,1-2H3. The van der Waals surface area contributed by atoms with Crippen molar-refractivity contribution in [3.05, 3.63) is 12.3 Å². The number of nitrogen functional groups attached to an aromatic ring is 1. The van der Waals surface area contributed by atoms with E-state index in [1.165, 1.54) is 12.3 Å². The number of pyridine rings is 1. The van der Waals surface area contributed by atoms with E-state index in [0.29, 0.717) is 12.3 Å². The van der Waals surface area contributed by atoms with Crippen LogP contribution in [0, 0.1) is 0 Å². The highest BCUT2D eigenvalue weighted by Crippen LogP contribution is 2.24. The lowest BCUT2D eigenvalue weighted by Crippen LogP contribution is -2.09. The van der Waals surface area contributed by atoms with Gasteiger partial charge in [-0.15, -0.1) is 0 Å². The van der Waals surface area contributed by atoms with Gasteiger partial charge in [0.25, 0.3) is 0 Å². The van der Waals surface area contributed by atoms with Crippen LogP contribution in [0.1, 0.15) is 13.8 Å². The van der Waals surface area contributed by atoms with Crippen LogP contribution in [0.5, 0.6) is 5.88 Å². The summed E-state index contributed by atoms with van der Waals surface area (Å²) in [4.78, 5) is 3.92. The number of ether oxygens (including phenoxy) is 1. The molecule has 0 fully saturated rings. The molecular weight excluding hydrogens is 216 g/mol. The molecule has 0 amide bonds. The predicted molar refractivity (Wildman–Crippen MR) is 57.5 cm³/mol. The molecule has 0 saturated carbocycles. The van der Waals surface area contributed by atoms with E-state index >= 15 is 0 Å². The Labute approximate surface area is 89.2 Å². The van der Waals surface area contributed by atoms with Crippen LogP contribution in [0.25, 0.3) is 0 Å². The van der Waals surface area contributed by atoms with E-state index in [1.807, 2.05) is 0 Å². The SMILES string of the molecule is CCOc1ncc(N)cc1S(=O)(=O)CC. The number of nitrogens with two attached hydrogens (primary N) is 1. The zero-order valence-corrected chi connectivity index (χ0v) is 9.54. The van der Waals surface area contributed by atoms with Crippen LogP contribution in [-0.2, 0) is 9.84 Å². The summed E-state index contributed by atoms with van der Waals surface area (Å²) in [7, 11) is -3.34. The van der Waals surface area contributed by atoms with E-state index in [1.54, 1.807) is 13.8 Å². The molecule has 6 heteroatoms. The molecule has 1 rings (SSSR count). The third-order valence-corrected chi connectivity index (χ3v) is 3.56. The topological polar surface area (TPSA) is 82.3 Å². The third-order valence-electron chi connectivity index (χ3n) is 1.84. The largest absolute Gasteiger partial charge is 0.477 e. The van der Waals surface area contributed by atoms with Crippen molar-refractivity contribution in [3.8, 4) is 5.88 Å². The Morgan fingerprint density at radius 3 is 2.67 bits per heavy atom. The minimum absolute atomic E-state index is 0.00178. The highest BCUT2D eigenvalue weighted by molar-refractivity contribution is 7.91. The number of sulfone groups is 1. The molecule has 1 aromatic heterocycles. The highest BCUT2D eigenvalue weighted by Gasteiger charge is 2.19. The van der Waals surface area contributed by atoms with Gasteiger partial charge in [0.15, 0.2) is 9.84 Å². The number of aromatic nitrogens is 1. The lowest BCUT2D eigenvalue weighted by atomic mass is 10.4. The molecule has 0 aliphatic carbocycles. The zero-order valence-electron chi connectivity index (χ0n) is 8.73. The molecule has 1 heterocycles. The fourth-order valence-corrected chi connectivity index (χ4v) is 2.07. The van der Waals surface area contributed by atoms with Crippen LogP contribution in [0.15, 0.2) is 17.2 Å². The number of hydrogen-bond acceptors (Lipinski definition) is 5. The van der Waals surface area contributed by atoms with Gasteiger partial charge in [0.05, 0.1) is 24.2 Å². The summed E-state index contributed by atoms with van der Waals surface area (Å²) < 4.78 is 28.5. The van der Waals surface area contributed by atoms with E-state index < -0.39 is 9.84 Å². The van der Waals surface area contributed by atoms with Crippen LogP contribution >= 0.6 is 0 Å². The Morgan fingerprint density at radius 2 is 2.13 bits per heavy atom. The second-order valence-electron chi connectivity index (χ2n) is 2.91. The summed E-state index contributed by atoms with van der Waals surface area (Å²) >= 11 is 0. The Bertz CT molecular complexity index is 443. The molecule has 0 radical (unpaired) electrons. The quantitative estimate of drug-likeness (QED) is 0.829. The maximum absolute atomic E-state index is 11.7. The Balaban J connectivity index is 3.31. The van der Waals surface area contributed by atoms with Gasteiger partial charge in [-0.1, -0.05) is 6.92 Å². The van der Waals surface area contributed by atoms with Crippen molar-refractivity contribution in [3.63, 3.8) is 0 Å². The molecule has 0 spiro atoms. The van der Waals surface area contributed by atoms with E-state index in [2.05, 4.69) is 4.98 Å². The van der Waals surface area contributed by atoms with Crippen molar-refractivity contribution in [2.45, 2.75) is 18.7 Å². The van der Waals surface area contributed by atoms with E-state index in [-0.39, 0.29) is 16.5 Å². The second-order valence-corrected chi connectivity index (χ2v) is 5.16. The van der Waals surface area contributed by atoms with Crippen LogP contribution in [0.3, 0.4) is 0 Å². The molecule has 0 aliphatic rings. The van der Waals surface area contributed by atoms with Crippen molar-refractivity contribution < 1.29 is 13.2 Å². The number of rotatable bonds is 4. The second kappa shape index (κ2) is 4.48. The van der Waals surface area contributed by atoms with E-state index in [9.17, 15) is 8.42 Å². The first kappa shape index (κ1) is 11.8. The maximum Gasteiger partial charge on any atom is 0.232 e. The molecule has 0 bridgehead atoms. The lowest BCUT2D eigenvalue weighted by molar-refractivity contribution is 0.317. The molecule has 0 aromatic carbocycles.